The third kappa shape index (κ3) is 4.84. The van der Waals surface area contributed by atoms with E-state index in [4.69, 9.17) is 9.47 Å². The van der Waals surface area contributed by atoms with Crippen molar-refractivity contribution in [1.29, 1.82) is 0 Å². The van der Waals surface area contributed by atoms with Crippen molar-refractivity contribution in [2.75, 3.05) is 12.1 Å². The van der Waals surface area contributed by atoms with Gasteiger partial charge in [-0.05, 0) is 77.3 Å². The lowest BCUT2D eigenvalue weighted by Gasteiger charge is -2.14. The van der Waals surface area contributed by atoms with E-state index in [1.165, 1.54) is 0 Å². The van der Waals surface area contributed by atoms with Crippen LogP contribution in [0.2, 0.25) is 0 Å². The fraction of sp³-hybridized carbons (Fsp3) is 0.120. The topological polar surface area (TPSA) is 76.7 Å². The summed E-state index contributed by atoms with van der Waals surface area (Å²) in [5.74, 6) is 0.390. The van der Waals surface area contributed by atoms with Gasteiger partial charge in [0.05, 0.1) is 5.56 Å². The zero-order valence-corrected chi connectivity index (χ0v) is 19.2. The Morgan fingerprint density at radius 1 is 0.969 bits per heavy atom. The maximum absolute atomic E-state index is 13.2. The summed E-state index contributed by atoms with van der Waals surface area (Å²) >= 11 is 3.38. The summed E-state index contributed by atoms with van der Waals surface area (Å²) in [7, 11) is 0. The van der Waals surface area contributed by atoms with E-state index < -0.39 is 11.8 Å². The smallest absolute Gasteiger partial charge is 0.272 e. The van der Waals surface area contributed by atoms with Crippen molar-refractivity contribution < 1.29 is 19.1 Å². The second kappa shape index (κ2) is 9.28. The normalized spacial score (nSPS) is 12.4. The summed E-state index contributed by atoms with van der Waals surface area (Å²) < 4.78 is 11.4. The first-order valence-electron chi connectivity index (χ1n) is 9.96. The Balaban J connectivity index is 1.66. The van der Waals surface area contributed by atoms with Crippen molar-refractivity contribution in [3.8, 4) is 11.5 Å². The molecule has 3 aromatic rings. The van der Waals surface area contributed by atoms with E-state index in [1.807, 2.05) is 38.1 Å². The van der Waals surface area contributed by atoms with Crippen LogP contribution in [-0.4, -0.2) is 18.6 Å². The lowest BCUT2D eigenvalue weighted by molar-refractivity contribution is -0.113. The van der Waals surface area contributed by atoms with Crippen molar-refractivity contribution >= 4 is 39.5 Å². The van der Waals surface area contributed by atoms with Crippen LogP contribution in [0.1, 0.15) is 27.0 Å². The lowest BCUT2D eigenvalue weighted by atomic mass is 10.1. The van der Waals surface area contributed by atoms with Crippen LogP contribution < -0.4 is 20.1 Å². The number of anilines is 1. The highest BCUT2D eigenvalue weighted by molar-refractivity contribution is 9.10. The van der Waals surface area contributed by atoms with E-state index in [9.17, 15) is 9.59 Å². The van der Waals surface area contributed by atoms with Crippen molar-refractivity contribution in [1.82, 2.24) is 5.32 Å². The number of hydrogen-bond donors (Lipinski definition) is 2. The molecule has 1 aliphatic rings. The van der Waals surface area contributed by atoms with Crippen molar-refractivity contribution in [3.05, 3.63) is 93.1 Å². The molecule has 0 aliphatic carbocycles. The molecule has 0 saturated heterocycles. The number of amides is 2. The second-order valence-corrected chi connectivity index (χ2v) is 8.23. The number of fused-ring (bicyclic) bond motifs is 1. The molecule has 4 rings (SSSR count). The van der Waals surface area contributed by atoms with Gasteiger partial charge in [-0.2, -0.15) is 0 Å². The Hall–Kier alpha value is -3.58. The number of rotatable bonds is 5. The Morgan fingerprint density at radius 3 is 2.53 bits per heavy atom. The van der Waals surface area contributed by atoms with Crippen LogP contribution >= 0.6 is 15.9 Å². The molecule has 0 saturated carbocycles. The van der Waals surface area contributed by atoms with Gasteiger partial charge in [-0.15, -0.1) is 0 Å². The van der Waals surface area contributed by atoms with Gasteiger partial charge in [-0.1, -0.05) is 35.9 Å². The van der Waals surface area contributed by atoms with Gasteiger partial charge in [-0.3, -0.25) is 9.59 Å². The molecule has 0 fully saturated rings. The SMILES string of the molecule is Cc1ccc(NC(=O)C(=Cc2ccc3c(c2)OCO3)NC(=O)c2ccccc2Br)c(C)c1. The molecule has 6 nitrogen and oxygen atoms in total. The largest absolute Gasteiger partial charge is 0.454 e. The Morgan fingerprint density at radius 2 is 1.75 bits per heavy atom. The maximum atomic E-state index is 13.2. The first-order chi connectivity index (χ1) is 15.4. The van der Waals surface area contributed by atoms with E-state index in [1.54, 1.807) is 42.5 Å². The van der Waals surface area contributed by atoms with Crippen LogP contribution in [0, 0.1) is 13.8 Å². The van der Waals surface area contributed by atoms with Crippen LogP contribution in [0.5, 0.6) is 11.5 Å². The standard InChI is InChI=1S/C25H21BrN2O4/c1-15-7-9-20(16(2)11-15)27-25(30)21(28-24(29)18-5-3-4-6-19(18)26)12-17-8-10-22-23(13-17)32-14-31-22/h3-13H,14H2,1-2H3,(H,27,30)(H,28,29). The average molecular weight is 493 g/mol. The third-order valence-electron chi connectivity index (χ3n) is 4.95. The molecule has 3 aromatic carbocycles. The molecule has 0 bridgehead atoms. The molecule has 2 N–H and O–H groups in total. The molecular formula is C25H21BrN2O4. The number of carbonyl (C=O) groups excluding carboxylic acids is 2. The van der Waals surface area contributed by atoms with Crippen LogP contribution in [0.15, 0.2) is 70.8 Å². The van der Waals surface area contributed by atoms with Gasteiger partial charge < -0.3 is 20.1 Å². The third-order valence-corrected chi connectivity index (χ3v) is 5.64. The molecule has 1 aliphatic heterocycles. The van der Waals surface area contributed by atoms with E-state index in [0.29, 0.717) is 32.8 Å². The predicted molar refractivity (Wildman–Crippen MR) is 127 cm³/mol. The Labute approximate surface area is 194 Å². The zero-order valence-electron chi connectivity index (χ0n) is 17.6. The summed E-state index contributed by atoms with van der Waals surface area (Å²) in [5, 5.41) is 5.64. The van der Waals surface area contributed by atoms with E-state index in [-0.39, 0.29) is 12.5 Å². The van der Waals surface area contributed by atoms with Crippen LogP contribution in [0.4, 0.5) is 5.69 Å². The van der Waals surface area contributed by atoms with Crippen molar-refractivity contribution in [3.63, 3.8) is 0 Å². The molecule has 2 amide bonds. The first-order valence-corrected chi connectivity index (χ1v) is 10.8. The number of halogens is 1. The van der Waals surface area contributed by atoms with E-state index in [2.05, 4.69) is 26.6 Å². The van der Waals surface area contributed by atoms with Crippen LogP contribution in [0.3, 0.4) is 0 Å². The van der Waals surface area contributed by atoms with Gasteiger partial charge in [0.2, 0.25) is 6.79 Å². The monoisotopic (exact) mass is 492 g/mol. The van der Waals surface area contributed by atoms with Gasteiger partial charge in [0, 0.05) is 10.2 Å². The highest BCUT2D eigenvalue weighted by Crippen LogP contribution is 2.33. The molecule has 0 radical (unpaired) electrons. The van der Waals surface area contributed by atoms with Gasteiger partial charge in [0.1, 0.15) is 5.70 Å². The molecule has 0 atom stereocenters. The number of hydrogen-bond acceptors (Lipinski definition) is 4. The quantitative estimate of drug-likeness (QED) is 0.479. The van der Waals surface area contributed by atoms with Gasteiger partial charge in [0.25, 0.3) is 11.8 Å². The average Bonchev–Trinajstić information content (AvgIpc) is 3.23. The summed E-state index contributed by atoms with van der Waals surface area (Å²) in [6.45, 7) is 4.06. The van der Waals surface area contributed by atoms with Gasteiger partial charge in [-0.25, -0.2) is 0 Å². The van der Waals surface area contributed by atoms with Crippen LogP contribution in [-0.2, 0) is 4.79 Å². The highest BCUT2D eigenvalue weighted by atomic mass is 79.9. The minimum atomic E-state index is -0.435. The number of ether oxygens (including phenoxy) is 2. The predicted octanol–water partition coefficient (Wildman–Crippen LogP) is 5.20. The van der Waals surface area contributed by atoms with Gasteiger partial charge in [0.15, 0.2) is 11.5 Å². The van der Waals surface area contributed by atoms with Crippen molar-refractivity contribution in [2.45, 2.75) is 13.8 Å². The number of aryl methyl sites for hydroxylation is 2. The molecule has 0 spiro atoms. The summed E-state index contributed by atoms with van der Waals surface area (Å²) in [6.07, 6.45) is 1.61. The second-order valence-electron chi connectivity index (χ2n) is 7.38. The number of nitrogens with one attached hydrogen (secondary N) is 2. The summed E-state index contributed by atoms with van der Waals surface area (Å²) in [4.78, 5) is 26.1. The molecular weight excluding hydrogens is 472 g/mol. The van der Waals surface area contributed by atoms with E-state index in [0.717, 1.165) is 11.1 Å². The number of benzene rings is 3. The summed E-state index contributed by atoms with van der Waals surface area (Å²) in [6, 6.07) is 18.1. The fourth-order valence-corrected chi connectivity index (χ4v) is 3.77. The Bertz CT molecular complexity index is 1240. The Kier molecular flexibility index (Phi) is 6.28. The highest BCUT2D eigenvalue weighted by Gasteiger charge is 2.18. The minimum Gasteiger partial charge on any atom is -0.454 e. The first kappa shape index (κ1) is 21.6. The minimum absolute atomic E-state index is 0.101. The lowest BCUT2D eigenvalue weighted by Crippen LogP contribution is -2.31. The maximum Gasteiger partial charge on any atom is 0.272 e. The molecule has 0 unspecified atom stereocenters. The van der Waals surface area contributed by atoms with Crippen LogP contribution in [0.25, 0.3) is 6.08 Å². The van der Waals surface area contributed by atoms with Crippen molar-refractivity contribution in [2.24, 2.45) is 0 Å². The molecule has 7 heteroatoms. The molecule has 1 heterocycles. The molecule has 32 heavy (non-hydrogen) atoms. The zero-order chi connectivity index (χ0) is 22.7. The number of carbonyl (C=O) groups is 2. The molecule has 0 aromatic heterocycles. The molecule has 162 valence electrons. The van der Waals surface area contributed by atoms with E-state index >= 15 is 0 Å². The summed E-state index contributed by atoms with van der Waals surface area (Å²) in [5.41, 5.74) is 3.91. The fourth-order valence-electron chi connectivity index (χ4n) is 3.31. The van der Waals surface area contributed by atoms with Gasteiger partial charge >= 0.3 is 0 Å².